The lowest BCUT2D eigenvalue weighted by atomic mass is 9.98. The van der Waals surface area contributed by atoms with Gasteiger partial charge in [-0.05, 0) is 45.6 Å². The van der Waals surface area contributed by atoms with Crippen LogP contribution in [0.4, 0.5) is 4.79 Å². The Kier molecular flexibility index (Phi) is 12.6. The fourth-order valence-corrected chi connectivity index (χ4v) is 3.67. The molecule has 0 fully saturated rings. The lowest BCUT2D eigenvalue weighted by Gasteiger charge is -2.34. The summed E-state index contributed by atoms with van der Waals surface area (Å²) in [4.78, 5) is 40.8. The number of phenols is 1. The fraction of sp³-hybridized carbons (Fsp3) is 0.654. The predicted octanol–water partition coefficient (Wildman–Crippen LogP) is 3.50. The van der Waals surface area contributed by atoms with Gasteiger partial charge in [-0.1, -0.05) is 51.8 Å². The first-order valence-electron chi connectivity index (χ1n) is 12.4. The van der Waals surface area contributed by atoms with Gasteiger partial charge in [0.1, 0.15) is 23.4 Å². The fourth-order valence-electron chi connectivity index (χ4n) is 3.67. The molecule has 1 aromatic rings. The summed E-state index contributed by atoms with van der Waals surface area (Å²) in [5.41, 5.74) is -0.514. The van der Waals surface area contributed by atoms with Crippen molar-refractivity contribution in [1.29, 1.82) is 0 Å². The summed E-state index contributed by atoms with van der Waals surface area (Å²) in [6, 6.07) is 4.13. The number of unbranched alkanes of at least 4 members (excludes halogenated alkanes) is 2. The number of rotatable bonds is 13. The summed E-state index contributed by atoms with van der Waals surface area (Å²) in [7, 11) is 0. The van der Waals surface area contributed by atoms with E-state index in [2.05, 4.69) is 17.6 Å². The topological polar surface area (TPSA) is 128 Å². The number of ether oxygens (including phenoxy) is 1. The van der Waals surface area contributed by atoms with E-state index in [1.165, 1.54) is 11.0 Å². The van der Waals surface area contributed by atoms with E-state index < -0.39 is 42.2 Å². The van der Waals surface area contributed by atoms with Gasteiger partial charge in [0.25, 0.3) is 0 Å². The Bertz CT molecular complexity index is 822. The van der Waals surface area contributed by atoms with Crippen LogP contribution in [-0.2, 0) is 14.3 Å². The Labute approximate surface area is 209 Å². The number of nitrogens with one attached hydrogen (secondary N) is 2. The number of nitrogens with zero attached hydrogens (tertiary/aromatic N) is 1. The van der Waals surface area contributed by atoms with Crippen molar-refractivity contribution in [3.8, 4) is 5.75 Å². The molecular formula is C26H43N3O6. The van der Waals surface area contributed by atoms with Gasteiger partial charge in [0.05, 0.1) is 6.61 Å². The first-order valence-corrected chi connectivity index (χ1v) is 12.4. The van der Waals surface area contributed by atoms with Gasteiger partial charge in [-0.3, -0.25) is 9.59 Å². The van der Waals surface area contributed by atoms with E-state index in [1.54, 1.807) is 39.0 Å². The highest BCUT2D eigenvalue weighted by Gasteiger charge is 2.37. The second kappa shape index (κ2) is 14.6. The number of amides is 3. The number of para-hydroxylation sites is 1. The van der Waals surface area contributed by atoms with Crippen LogP contribution < -0.4 is 10.6 Å². The number of aliphatic hydroxyl groups is 1. The number of benzene rings is 1. The molecule has 0 radical (unpaired) electrons. The van der Waals surface area contributed by atoms with E-state index >= 15 is 0 Å². The molecule has 0 aliphatic heterocycles. The third-order valence-electron chi connectivity index (χ3n) is 5.19. The molecule has 35 heavy (non-hydrogen) atoms. The molecule has 0 spiro atoms. The van der Waals surface area contributed by atoms with E-state index in [1.807, 2.05) is 13.8 Å². The third-order valence-corrected chi connectivity index (χ3v) is 5.19. The van der Waals surface area contributed by atoms with Gasteiger partial charge in [0.2, 0.25) is 11.8 Å². The van der Waals surface area contributed by atoms with E-state index in [4.69, 9.17) is 4.74 Å². The van der Waals surface area contributed by atoms with E-state index in [-0.39, 0.29) is 23.8 Å². The molecule has 0 bridgehead atoms. The Balaban J connectivity index is 3.36. The zero-order valence-electron chi connectivity index (χ0n) is 22.0. The summed E-state index contributed by atoms with van der Waals surface area (Å²) in [6.07, 6.45) is 2.26. The van der Waals surface area contributed by atoms with E-state index in [9.17, 15) is 24.6 Å². The number of aliphatic hydroxyl groups excluding tert-OH is 1. The van der Waals surface area contributed by atoms with Crippen molar-refractivity contribution in [2.75, 3.05) is 19.7 Å². The molecule has 9 heteroatoms. The molecule has 0 aromatic heterocycles. The van der Waals surface area contributed by atoms with Gasteiger partial charge in [-0.25, -0.2) is 4.79 Å². The molecule has 2 unspecified atom stereocenters. The highest BCUT2D eigenvalue weighted by Crippen LogP contribution is 2.30. The Hall–Kier alpha value is -2.81. The van der Waals surface area contributed by atoms with Crippen LogP contribution in [0.3, 0.4) is 0 Å². The van der Waals surface area contributed by atoms with Crippen LogP contribution in [0, 0.1) is 5.92 Å². The average molecular weight is 494 g/mol. The summed E-state index contributed by atoms with van der Waals surface area (Å²) < 4.78 is 5.34. The lowest BCUT2D eigenvalue weighted by molar-refractivity contribution is -0.143. The van der Waals surface area contributed by atoms with Crippen LogP contribution in [0.5, 0.6) is 5.75 Å². The van der Waals surface area contributed by atoms with Crippen molar-refractivity contribution in [2.24, 2.45) is 5.92 Å². The normalized spacial score (nSPS) is 13.1. The highest BCUT2D eigenvalue weighted by molar-refractivity contribution is 5.92. The van der Waals surface area contributed by atoms with Gasteiger partial charge in [0, 0.05) is 18.7 Å². The minimum atomic E-state index is -1.19. The van der Waals surface area contributed by atoms with Crippen molar-refractivity contribution in [1.82, 2.24) is 15.5 Å². The number of aromatic hydroxyl groups is 1. The second-order valence-corrected chi connectivity index (χ2v) is 10.0. The van der Waals surface area contributed by atoms with Crippen molar-refractivity contribution in [2.45, 2.75) is 84.9 Å². The number of hydrogen-bond donors (Lipinski definition) is 4. The van der Waals surface area contributed by atoms with Crippen LogP contribution in [0.1, 0.15) is 78.8 Å². The monoisotopic (exact) mass is 493 g/mol. The molecule has 0 heterocycles. The Morgan fingerprint density at radius 3 is 2.31 bits per heavy atom. The van der Waals surface area contributed by atoms with E-state index in [0.717, 1.165) is 19.3 Å². The molecule has 4 N–H and O–H groups in total. The first kappa shape index (κ1) is 30.2. The van der Waals surface area contributed by atoms with Gasteiger partial charge >= 0.3 is 6.09 Å². The van der Waals surface area contributed by atoms with Crippen molar-refractivity contribution in [3.63, 3.8) is 0 Å². The first-order chi connectivity index (χ1) is 16.4. The average Bonchev–Trinajstić information content (AvgIpc) is 2.75. The van der Waals surface area contributed by atoms with Crippen molar-refractivity contribution < 1.29 is 29.3 Å². The van der Waals surface area contributed by atoms with Crippen LogP contribution in [0.25, 0.3) is 0 Å². The van der Waals surface area contributed by atoms with E-state index in [0.29, 0.717) is 13.0 Å². The highest BCUT2D eigenvalue weighted by atomic mass is 16.6. The molecular weight excluding hydrogens is 450 g/mol. The molecule has 0 saturated heterocycles. The molecule has 1 rings (SSSR count). The number of carbonyl (C=O) groups is 3. The summed E-state index contributed by atoms with van der Waals surface area (Å²) in [5, 5.41) is 25.8. The van der Waals surface area contributed by atoms with Crippen molar-refractivity contribution in [3.05, 3.63) is 29.8 Å². The maximum absolute atomic E-state index is 13.8. The molecule has 198 valence electrons. The van der Waals surface area contributed by atoms with Gasteiger partial charge in [0.15, 0.2) is 0 Å². The van der Waals surface area contributed by atoms with Crippen LogP contribution in [0.2, 0.25) is 0 Å². The molecule has 0 saturated carbocycles. The SMILES string of the molecule is CCCCCNC(=O)C(c1ccccc1O)N(CCO)C(=O)C(CC(C)C)NC(=O)OC(C)(C)C. The number of phenolic OH excluding ortho intramolecular Hbond substituents is 1. The van der Waals surface area contributed by atoms with Gasteiger partial charge < -0.3 is 30.5 Å². The summed E-state index contributed by atoms with van der Waals surface area (Å²) in [6.45, 7) is 10.9. The number of hydrogen-bond acceptors (Lipinski definition) is 6. The molecule has 3 amide bonds. The van der Waals surface area contributed by atoms with Gasteiger partial charge in [-0.2, -0.15) is 0 Å². The summed E-state index contributed by atoms with van der Waals surface area (Å²) in [5.74, 6) is -1.11. The Morgan fingerprint density at radius 2 is 1.77 bits per heavy atom. The third kappa shape index (κ3) is 10.5. The number of carbonyl (C=O) groups excluding carboxylic acids is 3. The molecule has 0 aliphatic carbocycles. The molecule has 9 nitrogen and oxygen atoms in total. The van der Waals surface area contributed by atoms with Crippen LogP contribution >= 0.6 is 0 Å². The molecule has 2 atom stereocenters. The minimum Gasteiger partial charge on any atom is -0.508 e. The molecule has 0 aliphatic rings. The van der Waals surface area contributed by atoms with Crippen LogP contribution in [-0.4, -0.2) is 64.4 Å². The molecule has 1 aromatic carbocycles. The maximum atomic E-state index is 13.8. The standard InChI is InChI=1S/C26H43N3O6/c1-7-8-11-14-27-23(32)22(19-12-9-10-13-21(19)31)29(15-16-30)24(33)20(17-18(2)3)28-25(34)35-26(4,5)6/h9-10,12-13,18,20,22,30-31H,7-8,11,14-17H2,1-6H3,(H,27,32)(H,28,34). The predicted molar refractivity (Wildman–Crippen MR) is 135 cm³/mol. The minimum absolute atomic E-state index is 0.0429. The largest absolute Gasteiger partial charge is 0.508 e. The number of alkyl carbamates (subject to hydrolysis) is 1. The lowest BCUT2D eigenvalue weighted by Crippen LogP contribution is -2.54. The van der Waals surface area contributed by atoms with Crippen LogP contribution in [0.15, 0.2) is 24.3 Å². The zero-order chi connectivity index (χ0) is 26.6. The maximum Gasteiger partial charge on any atom is 0.408 e. The second-order valence-electron chi connectivity index (χ2n) is 10.0. The smallest absolute Gasteiger partial charge is 0.408 e. The Morgan fingerprint density at radius 1 is 1.11 bits per heavy atom. The zero-order valence-corrected chi connectivity index (χ0v) is 22.0. The summed E-state index contributed by atoms with van der Waals surface area (Å²) >= 11 is 0. The van der Waals surface area contributed by atoms with Gasteiger partial charge in [-0.15, -0.1) is 0 Å². The van der Waals surface area contributed by atoms with Crippen molar-refractivity contribution >= 4 is 17.9 Å². The quantitative estimate of drug-likeness (QED) is 0.311.